The van der Waals surface area contributed by atoms with Crippen LogP contribution in [0.2, 0.25) is 0 Å². The van der Waals surface area contributed by atoms with Crippen LogP contribution in [0.15, 0.2) is 59.5 Å². The van der Waals surface area contributed by atoms with Crippen LogP contribution in [0.3, 0.4) is 0 Å². The van der Waals surface area contributed by atoms with E-state index in [0.29, 0.717) is 17.1 Å². The molecule has 1 amide bonds. The van der Waals surface area contributed by atoms with Crippen LogP contribution in [0.5, 0.6) is 5.88 Å². The van der Waals surface area contributed by atoms with Gasteiger partial charge in [-0.15, -0.1) is 0 Å². The normalized spacial score (nSPS) is 10.5. The van der Waals surface area contributed by atoms with Crippen LogP contribution in [0.1, 0.15) is 10.4 Å². The predicted molar refractivity (Wildman–Crippen MR) is 94.8 cm³/mol. The zero-order valence-electron chi connectivity index (χ0n) is 13.2. The Morgan fingerprint density at radius 3 is 2.46 bits per heavy atom. The number of pyridine rings is 1. The molecule has 24 heavy (non-hydrogen) atoms. The smallest absolute Gasteiger partial charge is 0.258 e. The molecule has 0 unspecified atom stereocenters. The second-order valence-corrected chi connectivity index (χ2v) is 5.99. The molecule has 3 rings (SSSR count). The van der Waals surface area contributed by atoms with Gasteiger partial charge in [0.25, 0.3) is 5.91 Å². The van der Waals surface area contributed by atoms with Gasteiger partial charge in [-0.3, -0.25) is 4.79 Å². The number of anilines is 1. The Bertz CT molecular complexity index is 844. The Morgan fingerprint density at radius 1 is 1.17 bits per heavy atom. The monoisotopic (exact) mass is 386 g/mol. The summed E-state index contributed by atoms with van der Waals surface area (Å²) in [5.41, 5.74) is 2.16. The molecule has 0 aliphatic heterocycles. The minimum Gasteiger partial charge on any atom is -0.481 e. The number of nitrogens with zero attached hydrogens (tertiary/aromatic N) is 4. The van der Waals surface area contributed by atoms with Crippen LogP contribution in [0.4, 0.5) is 5.69 Å². The largest absolute Gasteiger partial charge is 0.481 e. The van der Waals surface area contributed by atoms with E-state index in [2.05, 4.69) is 26.0 Å². The fourth-order valence-electron chi connectivity index (χ4n) is 2.20. The van der Waals surface area contributed by atoms with Crippen LogP contribution in [-0.2, 0) is 0 Å². The number of carbonyl (C=O) groups excluding carboxylic acids is 1. The van der Waals surface area contributed by atoms with Crippen LogP contribution in [0.25, 0.3) is 5.69 Å². The van der Waals surface area contributed by atoms with Crippen molar-refractivity contribution in [3.05, 3.63) is 65.0 Å². The van der Waals surface area contributed by atoms with Crippen molar-refractivity contribution in [3.8, 4) is 11.6 Å². The molecule has 0 N–H and O–H groups in total. The summed E-state index contributed by atoms with van der Waals surface area (Å²) in [5.74, 6) is 0.393. The first-order chi connectivity index (χ1) is 11.6. The van der Waals surface area contributed by atoms with Crippen LogP contribution in [0, 0.1) is 0 Å². The predicted octanol–water partition coefficient (Wildman–Crippen LogP) is 3.32. The highest BCUT2D eigenvalue weighted by atomic mass is 79.9. The molecule has 7 heteroatoms. The van der Waals surface area contributed by atoms with E-state index in [1.165, 1.54) is 0 Å². The zero-order valence-corrected chi connectivity index (χ0v) is 14.8. The first kappa shape index (κ1) is 16.2. The van der Waals surface area contributed by atoms with E-state index in [9.17, 15) is 4.79 Å². The topological polar surface area (TPSA) is 60.2 Å². The van der Waals surface area contributed by atoms with Crippen molar-refractivity contribution in [1.82, 2.24) is 14.8 Å². The number of carbonyl (C=O) groups is 1. The highest BCUT2D eigenvalue weighted by molar-refractivity contribution is 9.10. The van der Waals surface area contributed by atoms with Crippen molar-refractivity contribution in [2.75, 3.05) is 19.1 Å². The fraction of sp³-hybridized carbons (Fsp3) is 0.118. The lowest BCUT2D eigenvalue weighted by Gasteiger charge is -2.17. The van der Waals surface area contributed by atoms with E-state index in [1.807, 2.05) is 18.3 Å². The van der Waals surface area contributed by atoms with Gasteiger partial charge < -0.3 is 9.64 Å². The lowest BCUT2D eigenvalue weighted by molar-refractivity contribution is 0.0993. The van der Waals surface area contributed by atoms with Gasteiger partial charge in [0, 0.05) is 24.9 Å². The third-order valence-corrected chi connectivity index (χ3v) is 3.96. The minimum absolute atomic E-state index is 0.116. The maximum Gasteiger partial charge on any atom is 0.258 e. The van der Waals surface area contributed by atoms with Crippen LogP contribution in [-0.4, -0.2) is 34.8 Å². The number of methoxy groups -OCH3 is 1. The fourth-order valence-corrected chi connectivity index (χ4v) is 2.49. The second kappa shape index (κ2) is 6.84. The van der Waals surface area contributed by atoms with E-state index in [4.69, 9.17) is 4.74 Å². The molecule has 0 radical (unpaired) electrons. The first-order valence-corrected chi connectivity index (χ1v) is 7.96. The summed E-state index contributed by atoms with van der Waals surface area (Å²) in [7, 11) is 3.26. The van der Waals surface area contributed by atoms with Crippen LogP contribution >= 0.6 is 15.9 Å². The Hall–Kier alpha value is -2.67. The number of aromatic nitrogens is 3. The van der Waals surface area contributed by atoms with Gasteiger partial charge in [0.1, 0.15) is 0 Å². The molecule has 2 heterocycles. The van der Waals surface area contributed by atoms with Gasteiger partial charge in [0.2, 0.25) is 5.88 Å². The molecule has 1 aromatic carbocycles. The second-order valence-electron chi connectivity index (χ2n) is 5.07. The molecular weight excluding hydrogens is 372 g/mol. The highest BCUT2D eigenvalue weighted by Gasteiger charge is 2.14. The minimum atomic E-state index is -0.116. The molecule has 0 atom stereocenters. The quantitative estimate of drug-likeness (QED) is 0.689. The number of rotatable bonds is 4. The van der Waals surface area contributed by atoms with E-state index in [-0.39, 0.29) is 5.91 Å². The maximum absolute atomic E-state index is 12.6. The van der Waals surface area contributed by atoms with Gasteiger partial charge in [0.15, 0.2) is 0 Å². The van der Waals surface area contributed by atoms with Gasteiger partial charge in [-0.05, 0) is 46.3 Å². The van der Waals surface area contributed by atoms with E-state index in [0.717, 1.165) is 10.2 Å². The summed E-state index contributed by atoms with van der Waals surface area (Å²) in [6.07, 6.45) is 5.17. The molecule has 6 nitrogen and oxygen atoms in total. The number of hydrogen-bond donors (Lipinski definition) is 0. The van der Waals surface area contributed by atoms with Gasteiger partial charge in [-0.2, -0.15) is 5.10 Å². The third kappa shape index (κ3) is 3.30. The van der Waals surface area contributed by atoms with E-state index in [1.54, 1.807) is 60.4 Å². The summed E-state index contributed by atoms with van der Waals surface area (Å²) in [6.45, 7) is 0. The van der Waals surface area contributed by atoms with Crippen LogP contribution < -0.4 is 9.64 Å². The molecule has 0 aliphatic rings. The summed E-state index contributed by atoms with van der Waals surface area (Å²) in [6, 6.07) is 10.8. The maximum atomic E-state index is 12.6. The summed E-state index contributed by atoms with van der Waals surface area (Å²) >= 11 is 3.36. The Labute approximate surface area is 147 Å². The number of ether oxygens (including phenoxy) is 1. The Balaban J connectivity index is 1.78. The molecule has 0 fully saturated rings. The first-order valence-electron chi connectivity index (χ1n) is 7.17. The molecule has 122 valence electrons. The molecule has 0 spiro atoms. The summed E-state index contributed by atoms with van der Waals surface area (Å²) < 4.78 is 7.65. The van der Waals surface area contributed by atoms with Gasteiger partial charge >= 0.3 is 0 Å². The lowest BCUT2D eigenvalue weighted by Crippen LogP contribution is -2.26. The molecule has 3 aromatic rings. The lowest BCUT2D eigenvalue weighted by atomic mass is 10.2. The molecular formula is C17H15BrN4O2. The zero-order chi connectivity index (χ0) is 17.1. The van der Waals surface area contributed by atoms with Gasteiger partial charge in [-0.1, -0.05) is 0 Å². The molecule has 2 aromatic heterocycles. The van der Waals surface area contributed by atoms with Crippen molar-refractivity contribution in [1.29, 1.82) is 0 Å². The van der Waals surface area contributed by atoms with Crippen molar-refractivity contribution >= 4 is 27.5 Å². The summed E-state index contributed by atoms with van der Waals surface area (Å²) in [5, 5.41) is 4.21. The summed E-state index contributed by atoms with van der Waals surface area (Å²) in [4.78, 5) is 18.3. The molecule has 0 aliphatic carbocycles. The third-order valence-electron chi connectivity index (χ3n) is 3.55. The van der Waals surface area contributed by atoms with Crippen molar-refractivity contribution in [2.45, 2.75) is 0 Å². The number of benzene rings is 1. The average Bonchev–Trinajstić information content (AvgIpc) is 3.07. The number of halogens is 1. The molecule has 0 bridgehead atoms. The number of amides is 1. The van der Waals surface area contributed by atoms with E-state index < -0.39 is 0 Å². The Morgan fingerprint density at radius 2 is 1.92 bits per heavy atom. The van der Waals surface area contributed by atoms with Gasteiger partial charge in [0.05, 0.1) is 35.4 Å². The van der Waals surface area contributed by atoms with Crippen molar-refractivity contribution in [3.63, 3.8) is 0 Å². The van der Waals surface area contributed by atoms with Crippen molar-refractivity contribution < 1.29 is 9.53 Å². The van der Waals surface area contributed by atoms with Crippen molar-refractivity contribution in [2.24, 2.45) is 0 Å². The molecule has 0 saturated heterocycles. The number of hydrogen-bond acceptors (Lipinski definition) is 4. The SMILES string of the molecule is COc1ccc(N(C)C(=O)c2ccc(-n3cc(Br)cn3)cc2)cn1. The molecule has 0 saturated carbocycles. The van der Waals surface area contributed by atoms with E-state index >= 15 is 0 Å². The van der Waals surface area contributed by atoms with Gasteiger partial charge in [-0.25, -0.2) is 9.67 Å². The average molecular weight is 387 g/mol. The Kier molecular flexibility index (Phi) is 4.61. The highest BCUT2D eigenvalue weighted by Crippen LogP contribution is 2.18. The standard InChI is InChI=1S/C17H15BrN4O2/c1-21(15-7-8-16(24-2)19-10-15)17(23)12-3-5-14(6-4-12)22-11-13(18)9-20-22/h3-11H,1-2H3.